The molecular formula is C14H19. The van der Waals surface area contributed by atoms with Crippen LogP contribution in [-0.4, -0.2) is 0 Å². The second-order valence-electron chi connectivity index (χ2n) is 4.84. The third-order valence-electron chi connectivity index (χ3n) is 3.28. The van der Waals surface area contributed by atoms with Crippen molar-refractivity contribution in [1.29, 1.82) is 0 Å². The highest BCUT2D eigenvalue weighted by Crippen LogP contribution is 2.42. The smallest absolute Gasteiger partial charge is 0.0109 e. The van der Waals surface area contributed by atoms with Gasteiger partial charge in [0.1, 0.15) is 0 Å². The van der Waals surface area contributed by atoms with Gasteiger partial charge in [0.05, 0.1) is 0 Å². The van der Waals surface area contributed by atoms with E-state index < -0.39 is 0 Å². The maximum atomic E-state index is 3.56. The van der Waals surface area contributed by atoms with Crippen molar-refractivity contribution in [3.63, 3.8) is 0 Å². The zero-order valence-corrected chi connectivity index (χ0v) is 9.38. The summed E-state index contributed by atoms with van der Waals surface area (Å²) in [5, 5.41) is 0. The van der Waals surface area contributed by atoms with Gasteiger partial charge in [0.15, 0.2) is 0 Å². The fraction of sp³-hybridized carbons (Fsp3) is 0.571. The molecular weight excluding hydrogens is 168 g/mol. The number of hydrogen-bond donors (Lipinski definition) is 0. The molecule has 0 heterocycles. The first-order valence-corrected chi connectivity index (χ1v) is 5.70. The summed E-state index contributed by atoms with van der Waals surface area (Å²) in [6.07, 6.45) is 2.84. The summed E-state index contributed by atoms with van der Waals surface area (Å²) in [6, 6.07) is 10.2. The van der Waals surface area contributed by atoms with Crippen LogP contribution in [0.3, 0.4) is 0 Å². The summed E-state index contributed by atoms with van der Waals surface area (Å²) in [5.41, 5.74) is 2.77. The minimum atomic E-state index is 0.598. The molecule has 1 unspecified atom stereocenters. The molecule has 0 saturated heterocycles. The van der Waals surface area contributed by atoms with Gasteiger partial charge in [-0.2, -0.15) is 0 Å². The zero-order chi connectivity index (χ0) is 10.1. The Bertz CT molecular complexity index is 308. The molecule has 0 bridgehead atoms. The van der Waals surface area contributed by atoms with Crippen LogP contribution in [0.5, 0.6) is 0 Å². The van der Waals surface area contributed by atoms with E-state index in [4.69, 9.17) is 0 Å². The van der Waals surface area contributed by atoms with E-state index in [2.05, 4.69) is 45.0 Å². The number of rotatable bonds is 3. The van der Waals surface area contributed by atoms with E-state index in [1.807, 2.05) is 0 Å². The van der Waals surface area contributed by atoms with Gasteiger partial charge in [-0.05, 0) is 47.8 Å². The highest BCUT2D eigenvalue weighted by molar-refractivity contribution is 5.27. The van der Waals surface area contributed by atoms with E-state index in [0.717, 1.165) is 5.92 Å². The third-order valence-corrected chi connectivity index (χ3v) is 3.28. The normalized spacial score (nSPS) is 18.6. The highest BCUT2D eigenvalue weighted by atomic mass is 14.3. The largest absolute Gasteiger partial charge is 0.0617 e. The quantitative estimate of drug-likeness (QED) is 0.667. The average Bonchev–Trinajstić information content (AvgIpc) is 3.00. The summed E-state index contributed by atoms with van der Waals surface area (Å²) >= 11 is 0. The van der Waals surface area contributed by atoms with Gasteiger partial charge >= 0.3 is 0 Å². The SMILES string of the molecule is CC(C)c1[c]c(C(C)C2CC2)ccc1. The van der Waals surface area contributed by atoms with Crippen LogP contribution in [-0.2, 0) is 0 Å². The zero-order valence-electron chi connectivity index (χ0n) is 9.38. The Morgan fingerprint density at radius 3 is 2.36 bits per heavy atom. The second kappa shape index (κ2) is 3.76. The summed E-state index contributed by atoms with van der Waals surface area (Å²) < 4.78 is 0. The molecule has 2 rings (SSSR count). The molecule has 1 saturated carbocycles. The van der Waals surface area contributed by atoms with Crippen LogP contribution in [0.1, 0.15) is 56.6 Å². The molecule has 0 aromatic heterocycles. The van der Waals surface area contributed by atoms with Gasteiger partial charge < -0.3 is 0 Å². The Labute approximate surface area is 87.3 Å². The van der Waals surface area contributed by atoms with Crippen LogP contribution in [0.4, 0.5) is 0 Å². The van der Waals surface area contributed by atoms with Gasteiger partial charge in [0, 0.05) is 0 Å². The minimum Gasteiger partial charge on any atom is -0.0617 e. The molecule has 1 aliphatic rings. The lowest BCUT2D eigenvalue weighted by molar-refractivity contribution is 0.660. The Kier molecular flexibility index (Phi) is 2.62. The Morgan fingerprint density at radius 2 is 1.79 bits per heavy atom. The van der Waals surface area contributed by atoms with Crippen LogP contribution >= 0.6 is 0 Å². The maximum absolute atomic E-state index is 3.56. The van der Waals surface area contributed by atoms with E-state index in [1.54, 1.807) is 0 Å². The van der Waals surface area contributed by atoms with Crippen LogP contribution < -0.4 is 0 Å². The molecule has 1 aromatic carbocycles. The maximum Gasteiger partial charge on any atom is -0.0109 e. The molecule has 75 valence electrons. The van der Waals surface area contributed by atoms with Crippen LogP contribution in [0, 0.1) is 12.0 Å². The Morgan fingerprint density at radius 1 is 1.14 bits per heavy atom. The summed E-state index contributed by atoms with van der Waals surface area (Å²) in [6.45, 7) is 6.81. The fourth-order valence-electron chi connectivity index (χ4n) is 1.96. The van der Waals surface area contributed by atoms with Gasteiger partial charge in [-0.15, -0.1) is 0 Å². The standard InChI is InChI=1S/C14H19/c1-10(2)13-5-4-6-14(9-13)11(3)12-7-8-12/h4-6,10-12H,7-8H2,1-3H3. The predicted octanol–water partition coefficient (Wildman–Crippen LogP) is 4.12. The van der Waals surface area contributed by atoms with E-state index in [-0.39, 0.29) is 0 Å². The highest BCUT2D eigenvalue weighted by Gasteiger charge is 2.28. The van der Waals surface area contributed by atoms with Crippen molar-refractivity contribution in [2.24, 2.45) is 5.92 Å². The molecule has 0 amide bonds. The van der Waals surface area contributed by atoms with Gasteiger partial charge in [-0.1, -0.05) is 39.0 Å². The lowest BCUT2D eigenvalue weighted by Crippen LogP contribution is -1.98. The molecule has 1 aliphatic carbocycles. The molecule has 1 radical (unpaired) electrons. The molecule has 0 aliphatic heterocycles. The molecule has 14 heavy (non-hydrogen) atoms. The van der Waals surface area contributed by atoms with Crippen molar-refractivity contribution in [2.45, 2.75) is 45.4 Å². The van der Waals surface area contributed by atoms with Crippen molar-refractivity contribution in [1.82, 2.24) is 0 Å². The molecule has 0 heteroatoms. The summed E-state index contributed by atoms with van der Waals surface area (Å²) in [5.74, 6) is 2.25. The average molecular weight is 187 g/mol. The van der Waals surface area contributed by atoms with Crippen molar-refractivity contribution in [2.75, 3.05) is 0 Å². The second-order valence-corrected chi connectivity index (χ2v) is 4.84. The summed E-state index contributed by atoms with van der Waals surface area (Å²) in [7, 11) is 0. The van der Waals surface area contributed by atoms with Gasteiger partial charge in [-0.25, -0.2) is 0 Å². The van der Waals surface area contributed by atoms with E-state index >= 15 is 0 Å². The van der Waals surface area contributed by atoms with Crippen LogP contribution in [0.25, 0.3) is 0 Å². The number of hydrogen-bond acceptors (Lipinski definition) is 0. The lowest BCUT2D eigenvalue weighted by atomic mass is 9.92. The topological polar surface area (TPSA) is 0 Å². The Hall–Kier alpha value is -0.780. The molecule has 1 fully saturated rings. The molecule has 1 atom stereocenters. The first-order chi connectivity index (χ1) is 6.68. The van der Waals surface area contributed by atoms with Crippen LogP contribution in [0.15, 0.2) is 18.2 Å². The molecule has 0 spiro atoms. The van der Waals surface area contributed by atoms with Crippen LogP contribution in [0.2, 0.25) is 0 Å². The molecule has 1 aromatic rings. The van der Waals surface area contributed by atoms with Gasteiger partial charge in [0.2, 0.25) is 0 Å². The van der Waals surface area contributed by atoms with E-state index in [0.29, 0.717) is 11.8 Å². The van der Waals surface area contributed by atoms with E-state index in [1.165, 1.54) is 24.0 Å². The van der Waals surface area contributed by atoms with Crippen molar-refractivity contribution in [3.05, 3.63) is 35.4 Å². The third kappa shape index (κ3) is 2.00. The number of benzene rings is 1. The first kappa shape index (κ1) is 9.76. The predicted molar refractivity (Wildman–Crippen MR) is 60.5 cm³/mol. The molecule has 0 N–H and O–H groups in total. The van der Waals surface area contributed by atoms with E-state index in [9.17, 15) is 0 Å². The first-order valence-electron chi connectivity index (χ1n) is 5.70. The Balaban J connectivity index is 2.20. The van der Waals surface area contributed by atoms with Crippen molar-refractivity contribution >= 4 is 0 Å². The molecule has 0 nitrogen and oxygen atoms in total. The van der Waals surface area contributed by atoms with Gasteiger partial charge in [0.25, 0.3) is 0 Å². The lowest BCUT2D eigenvalue weighted by Gasteiger charge is -2.12. The summed E-state index contributed by atoms with van der Waals surface area (Å²) in [4.78, 5) is 0. The van der Waals surface area contributed by atoms with Gasteiger partial charge in [-0.3, -0.25) is 0 Å². The monoisotopic (exact) mass is 187 g/mol. The van der Waals surface area contributed by atoms with Crippen molar-refractivity contribution < 1.29 is 0 Å². The minimum absolute atomic E-state index is 0.598. The van der Waals surface area contributed by atoms with Crippen molar-refractivity contribution in [3.8, 4) is 0 Å². The fourth-order valence-corrected chi connectivity index (χ4v) is 1.96.